The molecule has 0 saturated carbocycles. The number of phenols is 1. The summed E-state index contributed by atoms with van der Waals surface area (Å²) in [6.45, 7) is 1.91. The number of nitrogens with zero attached hydrogens (tertiary/aromatic N) is 1. The maximum Gasteiger partial charge on any atom is 0.214 e. The largest absolute Gasteiger partial charge is 0.505 e. The van der Waals surface area contributed by atoms with Gasteiger partial charge in [-0.3, -0.25) is 0 Å². The van der Waals surface area contributed by atoms with Crippen LogP contribution in [0.1, 0.15) is 12.5 Å². The van der Waals surface area contributed by atoms with E-state index in [2.05, 4.69) is 10.6 Å². The molecule has 0 aromatic heterocycles. The first kappa shape index (κ1) is 12.4. The van der Waals surface area contributed by atoms with Crippen LogP contribution in [0.25, 0.3) is 10.8 Å². The molecule has 0 aliphatic carbocycles. The third-order valence-electron chi connectivity index (χ3n) is 2.94. The summed E-state index contributed by atoms with van der Waals surface area (Å²) in [6.07, 6.45) is 0.650. The topological polar surface area (TPSA) is 117 Å². The molecule has 2 rings (SSSR count). The number of rotatable bonds is 3. The van der Waals surface area contributed by atoms with Crippen molar-refractivity contribution in [2.45, 2.75) is 18.2 Å². The summed E-state index contributed by atoms with van der Waals surface area (Å²) >= 11 is 0. The number of aromatic hydroxyl groups is 1. The average Bonchev–Trinajstić information content (AvgIpc) is 2.39. The van der Waals surface area contributed by atoms with E-state index in [9.17, 15) is 18.8 Å². The van der Waals surface area contributed by atoms with Crippen molar-refractivity contribution in [2.75, 3.05) is 0 Å². The van der Waals surface area contributed by atoms with E-state index in [1.54, 1.807) is 12.1 Å². The van der Waals surface area contributed by atoms with Gasteiger partial charge in [0.2, 0.25) is 1.41 Å². The fourth-order valence-corrected chi connectivity index (χ4v) is 2.76. The molecule has 0 radical (unpaired) electrons. The Hall–Kier alpha value is -1.67. The molecule has 19 heavy (non-hydrogen) atoms. The highest BCUT2D eigenvalue weighted by Crippen LogP contribution is 2.54. The summed E-state index contributed by atoms with van der Waals surface area (Å²) in [5.41, 5.74) is 3.32. The molecule has 0 bridgehead atoms. The summed E-state index contributed by atoms with van der Waals surface area (Å²) < 4.78 is 35.0. The lowest BCUT2D eigenvalue weighted by Crippen LogP contribution is -1.97. The Balaban J connectivity index is 2.93. The van der Waals surface area contributed by atoms with E-state index in [1.165, 1.54) is 6.07 Å². The van der Waals surface area contributed by atoms with Crippen LogP contribution in [-0.4, -0.2) is 18.8 Å². The number of fused-ring (bicyclic) bond motifs is 1. The number of phenolic OH excluding ortho intramolecular Hbond substituents is 1. The van der Waals surface area contributed by atoms with Gasteiger partial charge in [0, 0.05) is 5.39 Å². The molecule has 0 unspecified atom stereocenters. The fourth-order valence-electron chi connectivity index (χ4n) is 2.07. The highest BCUT2D eigenvalue weighted by Gasteiger charge is 2.25. The summed E-state index contributed by atoms with van der Waals surface area (Å²) in [7, 11) is -4.09. The summed E-state index contributed by atoms with van der Waals surface area (Å²) in [4.78, 5) is -0.355. The molecule has 6 nitrogen and oxygen atoms in total. The van der Waals surface area contributed by atoms with Crippen molar-refractivity contribution < 1.29 is 20.2 Å². The van der Waals surface area contributed by atoms with Gasteiger partial charge < -0.3 is 18.8 Å². The van der Waals surface area contributed by atoms with Crippen LogP contribution in [-0.2, 0) is 6.42 Å². The zero-order valence-electron chi connectivity index (χ0n) is 11.1. The zero-order chi connectivity index (χ0) is 14.9. The van der Waals surface area contributed by atoms with Crippen LogP contribution in [0.4, 0.5) is 5.69 Å². The zero-order valence-corrected chi connectivity index (χ0v) is 10.9. The second-order valence-corrected chi connectivity index (χ2v) is 5.54. The number of hydrogen-bond donors (Lipinski definition) is 5. The summed E-state index contributed by atoms with van der Waals surface area (Å²) in [6, 6.07) is 6.58. The first-order chi connectivity index (χ1) is 9.40. The molecule has 2 aromatic rings. The third-order valence-corrected chi connectivity index (χ3v) is 3.84. The standard InChI is InChI=1S/C12H14N2O4S/c1-2-7-4-3-5-8-6-9(19(16,17)18)11(14-13)12(15)10(7)8/h3-6,13,15-18H,2H2,1H3/i/hD. The van der Waals surface area contributed by atoms with Gasteiger partial charge in [-0.25, -0.2) is 5.52 Å². The molecule has 5 N–H and O–H groups in total. The van der Waals surface area contributed by atoms with E-state index in [0.29, 0.717) is 17.2 Å². The van der Waals surface area contributed by atoms with Crippen molar-refractivity contribution in [2.24, 2.45) is 5.11 Å². The van der Waals surface area contributed by atoms with Crippen LogP contribution >= 0.6 is 10.9 Å². The lowest BCUT2D eigenvalue weighted by Gasteiger charge is -2.22. The van der Waals surface area contributed by atoms with Gasteiger partial charge in [-0.05, 0) is 23.4 Å². The molecule has 0 amide bonds. The number of nitrogens with one attached hydrogen (secondary N) is 1. The van der Waals surface area contributed by atoms with E-state index in [0.717, 1.165) is 5.56 Å². The fraction of sp³-hybridized carbons (Fsp3) is 0.167. The summed E-state index contributed by atoms with van der Waals surface area (Å²) in [5, 5.41) is 14.7. The molecule has 0 aliphatic rings. The minimum absolute atomic E-state index is 0.309. The molecule has 0 aliphatic heterocycles. The minimum atomic E-state index is -4.09. The van der Waals surface area contributed by atoms with Crippen LogP contribution in [0.5, 0.6) is 5.75 Å². The average molecular weight is 283 g/mol. The third kappa shape index (κ3) is 2.28. The Bertz CT molecular complexity index is 685. The van der Waals surface area contributed by atoms with E-state index in [4.69, 9.17) is 1.41 Å². The van der Waals surface area contributed by atoms with Crippen molar-refractivity contribution >= 4 is 27.3 Å². The lowest BCUT2D eigenvalue weighted by atomic mass is 10.0. The quantitative estimate of drug-likeness (QED) is 0.538. The van der Waals surface area contributed by atoms with Gasteiger partial charge in [0.25, 0.3) is 0 Å². The van der Waals surface area contributed by atoms with E-state index in [1.807, 2.05) is 13.0 Å². The molecule has 102 valence electrons. The number of benzene rings is 2. The van der Waals surface area contributed by atoms with Gasteiger partial charge in [-0.2, -0.15) is 5.11 Å². The van der Waals surface area contributed by atoms with Crippen LogP contribution in [0.2, 0.25) is 1.41 Å². The first-order valence-electron chi connectivity index (χ1n) is 5.98. The van der Waals surface area contributed by atoms with Crippen LogP contribution < -0.4 is 0 Å². The molecule has 0 heterocycles. The van der Waals surface area contributed by atoms with Crippen LogP contribution in [0.3, 0.4) is 0 Å². The van der Waals surface area contributed by atoms with E-state index in [-0.39, 0.29) is 16.3 Å². The van der Waals surface area contributed by atoms with Crippen LogP contribution in [0, 0.1) is 5.52 Å². The number of aryl methyl sites for hydroxylation is 1. The molecule has 0 fully saturated rings. The SMILES string of the molecule is [2H]N=Nc1c(S(O)(O)O)cc2cccc(CC)c2c1O. The predicted octanol–water partition coefficient (Wildman–Crippen LogP) is 4.35. The van der Waals surface area contributed by atoms with Crippen molar-refractivity contribution in [3.05, 3.63) is 29.8 Å². The van der Waals surface area contributed by atoms with Crippen molar-refractivity contribution in [3.63, 3.8) is 0 Å². The van der Waals surface area contributed by atoms with Gasteiger partial charge in [0.05, 0.1) is 4.90 Å². The Kier molecular flexibility index (Phi) is 3.11. The Morgan fingerprint density at radius 1 is 1.37 bits per heavy atom. The number of hydrogen-bond acceptors (Lipinski definition) is 6. The molecule has 0 saturated heterocycles. The van der Waals surface area contributed by atoms with E-state index >= 15 is 0 Å². The lowest BCUT2D eigenvalue weighted by molar-refractivity contribution is 0.375. The second kappa shape index (κ2) is 4.78. The van der Waals surface area contributed by atoms with Gasteiger partial charge >= 0.3 is 0 Å². The molecule has 0 atom stereocenters. The molecular weight excluding hydrogens is 268 g/mol. The Morgan fingerprint density at radius 3 is 2.68 bits per heavy atom. The smallest absolute Gasteiger partial charge is 0.214 e. The minimum Gasteiger partial charge on any atom is -0.505 e. The molecular formula is C12H14N2O4S. The molecule has 2 aromatic carbocycles. The maximum atomic E-state index is 10.3. The highest BCUT2D eigenvalue weighted by molar-refractivity contribution is 8.19. The Labute approximate surface area is 112 Å². The molecule has 0 spiro atoms. The molecule has 7 heteroatoms. The highest BCUT2D eigenvalue weighted by atomic mass is 32.3. The van der Waals surface area contributed by atoms with Crippen molar-refractivity contribution in [1.82, 2.24) is 0 Å². The van der Waals surface area contributed by atoms with Gasteiger partial charge in [0.1, 0.15) is 16.6 Å². The van der Waals surface area contributed by atoms with Crippen molar-refractivity contribution in [3.8, 4) is 5.75 Å². The Morgan fingerprint density at radius 2 is 2.11 bits per heavy atom. The predicted molar refractivity (Wildman–Crippen MR) is 73.5 cm³/mol. The van der Waals surface area contributed by atoms with Gasteiger partial charge in [-0.15, -0.1) is 0 Å². The van der Waals surface area contributed by atoms with Gasteiger partial charge in [0.15, 0.2) is 5.75 Å². The monoisotopic (exact) mass is 283 g/mol. The second-order valence-electron chi connectivity index (χ2n) is 4.06. The maximum absolute atomic E-state index is 10.3. The van der Waals surface area contributed by atoms with Crippen molar-refractivity contribution in [1.29, 1.82) is 5.52 Å². The normalized spacial score (nSPS) is 14.0. The first-order valence-corrected chi connectivity index (χ1v) is 7.03. The van der Waals surface area contributed by atoms with Crippen LogP contribution in [0.15, 0.2) is 34.3 Å². The van der Waals surface area contributed by atoms with E-state index < -0.39 is 10.9 Å². The van der Waals surface area contributed by atoms with Gasteiger partial charge in [-0.1, -0.05) is 25.1 Å². The summed E-state index contributed by atoms with van der Waals surface area (Å²) in [5.74, 6) is -0.333.